The van der Waals surface area contributed by atoms with Gasteiger partial charge in [-0.15, -0.1) is 0 Å². The van der Waals surface area contributed by atoms with Crippen LogP contribution in [-0.4, -0.2) is 34.9 Å². The van der Waals surface area contributed by atoms with Gasteiger partial charge in [0.1, 0.15) is 0 Å². The molecule has 0 bridgehead atoms. The largest absolute Gasteiger partial charge is 0.394 e. The normalized spacial score (nSPS) is 13.3. The zero-order chi connectivity index (χ0) is 41.4. The van der Waals surface area contributed by atoms with Crippen LogP contribution in [0.3, 0.4) is 0 Å². The van der Waals surface area contributed by atoms with Crippen molar-refractivity contribution in [3.63, 3.8) is 0 Å². The SMILES string of the molecule is CCCCCCCCCCC/C=C\C/C=C\CCCCCCCCCCCCCC(=O)NC(CO)C(O)/C=C/CC/C=C/CCCCCCCCCCCCCC. The van der Waals surface area contributed by atoms with Crippen molar-refractivity contribution in [2.75, 3.05) is 6.61 Å². The third-order valence-electron chi connectivity index (χ3n) is 11.5. The molecule has 0 aromatic heterocycles. The lowest BCUT2D eigenvalue weighted by Crippen LogP contribution is -2.45. The molecule has 0 heterocycles. The second-order valence-electron chi connectivity index (χ2n) is 17.2. The van der Waals surface area contributed by atoms with Gasteiger partial charge in [-0.2, -0.15) is 0 Å². The van der Waals surface area contributed by atoms with Gasteiger partial charge in [0.15, 0.2) is 0 Å². The molecule has 0 rings (SSSR count). The summed E-state index contributed by atoms with van der Waals surface area (Å²) in [7, 11) is 0. The van der Waals surface area contributed by atoms with Crippen molar-refractivity contribution >= 4 is 5.91 Å². The molecule has 0 aliphatic carbocycles. The average Bonchev–Trinajstić information content (AvgIpc) is 3.22. The van der Waals surface area contributed by atoms with E-state index in [-0.39, 0.29) is 12.5 Å². The maximum absolute atomic E-state index is 12.4. The predicted molar refractivity (Wildman–Crippen MR) is 253 cm³/mol. The van der Waals surface area contributed by atoms with E-state index in [0.29, 0.717) is 6.42 Å². The van der Waals surface area contributed by atoms with Gasteiger partial charge < -0.3 is 15.5 Å². The Morgan fingerprint density at radius 2 is 0.737 bits per heavy atom. The summed E-state index contributed by atoms with van der Waals surface area (Å²) >= 11 is 0. The van der Waals surface area contributed by atoms with Crippen molar-refractivity contribution in [1.29, 1.82) is 0 Å². The van der Waals surface area contributed by atoms with Gasteiger partial charge in [-0.3, -0.25) is 4.79 Å². The van der Waals surface area contributed by atoms with Gasteiger partial charge in [-0.1, -0.05) is 242 Å². The van der Waals surface area contributed by atoms with Crippen molar-refractivity contribution in [3.05, 3.63) is 48.6 Å². The molecular formula is C53H99NO3. The average molecular weight is 798 g/mol. The number of carbonyl (C=O) groups is 1. The zero-order valence-corrected chi connectivity index (χ0v) is 38.4. The van der Waals surface area contributed by atoms with E-state index in [1.807, 2.05) is 6.08 Å². The van der Waals surface area contributed by atoms with Gasteiger partial charge in [-0.05, 0) is 64.2 Å². The monoisotopic (exact) mass is 798 g/mol. The van der Waals surface area contributed by atoms with Crippen LogP contribution in [0.2, 0.25) is 0 Å². The molecule has 1 amide bonds. The summed E-state index contributed by atoms with van der Waals surface area (Å²) in [6, 6.07) is -0.641. The number of carbonyl (C=O) groups excluding carboxylic acids is 1. The van der Waals surface area contributed by atoms with Crippen LogP contribution in [0, 0.1) is 0 Å². The Labute approximate surface area is 356 Å². The number of hydrogen-bond acceptors (Lipinski definition) is 3. The Morgan fingerprint density at radius 1 is 0.421 bits per heavy atom. The standard InChI is InChI=1S/C53H99NO3/c1-3-5-7-9-11-13-15-17-19-21-23-24-25-26-27-28-29-30-31-33-35-37-39-41-43-45-47-49-53(57)54-51(50-55)52(56)48-46-44-42-40-38-36-34-32-22-20-18-16-14-12-10-8-6-4-2/h23-24,26-27,38,40,46,48,51-52,55-56H,3-22,25,28-37,39,41-45,47,49-50H2,1-2H3,(H,54,57)/b24-23-,27-26-,40-38+,48-46+. The minimum absolute atomic E-state index is 0.0749. The van der Waals surface area contributed by atoms with Crippen molar-refractivity contribution in [2.24, 2.45) is 0 Å². The highest BCUT2D eigenvalue weighted by atomic mass is 16.3. The fourth-order valence-electron chi connectivity index (χ4n) is 7.64. The Balaban J connectivity index is 3.56. The van der Waals surface area contributed by atoms with Crippen LogP contribution >= 0.6 is 0 Å². The zero-order valence-electron chi connectivity index (χ0n) is 38.4. The van der Waals surface area contributed by atoms with Crippen LogP contribution < -0.4 is 5.32 Å². The molecule has 0 spiro atoms. The van der Waals surface area contributed by atoms with Crippen LogP contribution in [0.1, 0.15) is 264 Å². The highest BCUT2D eigenvalue weighted by Crippen LogP contribution is 2.15. The first kappa shape index (κ1) is 55.4. The van der Waals surface area contributed by atoms with E-state index in [9.17, 15) is 15.0 Å². The molecular weight excluding hydrogens is 699 g/mol. The van der Waals surface area contributed by atoms with Crippen LogP contribution in [0.5, 0.6) is 0 Å². The summed E-state index contributed by atoms with van der Waals surface area (Å²) in [5.41, 5.74) is 0. The van der Waals surface area contributed by atoms with Crippen LogP contribution in [0.4, 0.5) is 0 Å². The smallest absolute Gasteiger partial charge is 0.220 e. The molecule has 0 aliphatic rings. The van der Waals surface area contributed by atoms with Gasteiger partial charge in [0.25, 0.3) is 0 Å². The van der Waals surface area contributed by atoms with Gasteiger partial charge in [-0.25, -0.2) is 0 Å². The minimum Gasteiger partial charge on any atom is -0.394 e. The molecule has 4 nitrogen and oxygen atoms in total. The first-order valence-corrected chi connectivity index (χ1v) is 25.4. The molecule has 57 heavy (non-hydrogen) atoms. The van der Waals surface area contributed by atoms with E-state index in [4.69, 9.17) is 0 Å². The number of rotatable bonds is 46. The quantitative estimate of drug-likeness (QED) is 0.0424. The maximum Gasteiger partial charge on any atom is 0.220 e. The third kappa shape index (κ3) is 45.3. The molecule has 0 saturated heterocycles. The van der Waals surface area contributed by atoms with Crippen LogP contribution in [-0.2, 0) is 4.79 Å². The van der Waals surface area contributed by atoms with Gasteiger partial charge in [0.05, 0.1) is 18.8 Å². The van der Waals surface area contributed by atoms with Crippen molar-refractivity contribution < 1.29 is 15.0 Å². The highest BCUT2D eigenvalue weighted by Gasteiger charge is 2.17. The number of unbranched alkanes of at least 4 members (excludes halogenated alkanes) is 33. The van der Waals surface area contributed by atoms with E-state index < -0.39 is 12.1 Å². The van der Waals surface area contributed by atoms with Crippen LogP contribution in [0.15, 0.2) is 48.6 Å². The molecule has 334 valence electrons. The lowest BCUT2D eigenvalue weighted by molar-refractivity contribution is -0.123. The third-order valence-corrected chi connectivity index (χ3v) is 11.5. The molecule has 0 aliphatic heterocycles. The Hall–Kier alpha value is -1.65. The number of amides is 1. The summed E-state index contributed by atoms with van der Waals surface area (Å²) in [4.78, 5) is 12.4. The Bertz CT molecular complexity index is 908. The summed E-state index contributed by atoms with van der Waals surface area (Å²) in [6.07, 6.45) is 66.7. The molecule has 4 heteroatoms. The second kappa shape index (κ2) is 48.7. The number of aliphatic hydroxyl groups excluding tert-OH is 2. The molecule has 3 N–H and O–H groups in total. The number of nitrogens with one attached hydrogen (secondary N) is 1. The van der Waals surface area contributed by atoms with Crippen molar-refractivity contribution in [2.45, 2.75) is 276 Å². The number of hydrogen-bond donors (Lipinski definition) is 3. The second-order valence-corrected chi connectivity index (χ2v) is 17.2. The fourth-order valence-corrected chi connectivity index (χ4v) is 7.64. The molecule has 0 aromatic carbocycles. The highest BCUT2D eigenvalue weighted by molar-refractivity contribution is 5.76. The molecule has 0 radical (unpaired) electrons. The molecule has 0 fully saturated rings. The summed E-state index contributed by atoms with van der Waals surface area (Å²) in [5.74, 6) is -0.0749. The maximum atomic E-state index is 12.4. The lowest BCUT2D eigenvalue weighted by atomic mass is 10.0. The van der Waals surface area contributed by atoms with E-state index >= 15 is 0 Å². The van der Waals surface area contributed by atoms with E-state index in [1.54, 1.807) is 6.08 Å². The number of allylic oxidation sites excluding steroid dienone is 7. The molecule has 2 unspecified atom stereocenters. The van der Waals surface area contributed by atoms with E-state index in [1.165, 1.54) is 205 Å². The van der Waals surface area contributed by atoms with Crippen molar-refractivity contribution in [1.82, 2.24) is 5.32 Å². The van der Waals surface area contributed by atoms with Crippen LogP contribution in [0.25, 0.3) is 0 Å². The summed E-state index contributed by atoms with van der Waals surface area (Å²) < 4.78 is 0. The lowest BCUT2D eigenvalue weighted by Gasteiger charge is -2.19. The van der Waals surface area contributed by atoms with Gasteiger partial charge in [0.2, 0.25) is 5.91 Å². The topological polar surface area (TPSA) is 69.6 Å². The van der Waals surface area contributed by atoms with E-state index in [0.717, 1.165) is 38.5 Å². The Kier molecular flexibility index (Phi) is 47.3. The summed E-state index contributed by atoms with van der Waals surface area (Å²) in [5, 5.41) is 23.1. The Morgan fingerprint density at radius 3 is 1.12 bits per heavy atom. The summed E-state index contributed by atoms with van der Waals surface area (Å²) in [6.45, 7) is 4.31. The van der Waals surface area contributed by atoms with Gasteiger partial charge >= 0.3 is 0 Å². The molecule has 0 saturated carbocycles. The predicted octanol–water partition coefficient (Wildman–Crippen LogP) is 16.3. The fraction of sp³-hybridized carbons (Fsp3) is 0.830. The minimum atomic E-state index is -0.864. The van der Waals surface area contributed by atoms with Crippen molar-refractivity contribution in [3.8, 4) is 0 Å². The molecule has 0 aromatic rings. The molecule has 2 atom stereocenters. The van der Waals surface area contributed by atoms with E-state index in [2.05, 4.69) is 55.6 Å². The first-order chi connectivity index (χ1) is 28.2. The number of aliphatic hydroxyl groups is 2. The first-order valence-electron chi connectivity index (χ1n) is 25.4. The van der Waals surface area contributed by atoms with Gasteiger partial charge in [0, 0.05) is 6.42 Å².